The lowest BCUT2D eigenvalue weighted by Crippen LogP contribution is -2.34. The molecule has 1 fully saturated rings. The van der Waals surface area contributed by atoms with Gasteiger partial charge in [-0.1, -0.05) is 19.3 Å². The first kappa shape index (κ1) is 18.7. The first-order chi connectivity index (χ1) is 10.9. The van der Waals surface area contributed by atoms with Crippen LogP contribution in [0.3, 0.4) is 0 Å². The molecule has 5 nitrogen and oxygen atoms in total. The van der Waals surface area contributed by atoms with Gasteiger partial charge in [-0.2, -0.15) is 9.98 Å². The Labute approximate surface area is 155 Å². The minimum atomic E-state index is 0.443. The minimum absolute atomic E-state index is 0.443. The molecule has 9 heteroatoms. The molecule has 128 valence electrons. The van der Waals surface area contributed by atoms with E-state index >= 15 is 0 Å². The average molecular weight is 390 g/mol. The summed E-state index contributed by atoms with van der Waals surface area (Å²) in [6.45, 7) is 0. The maximum Gasteiger partial charge on any atom is 0.204 e. The van der Waals surface area contributed by atoms with Gasteiger partial charge in [0.05, 0.1) is 0 Å². The maximum absolute atomic E-state index is 5.35. The second-order valence-electron chi connectivity index (χ2n) is 5.97. The molecule has 0 aromatic carbocycles. The van der Waals surface area contributed by atoms with E-state index in [1.54, 1.807) is 20.7 Å². The van der Waals surface area contributed by atoms with E-state index in [0.29, 0.717) is 16.3 Å². The molecule has 23 heavy (non-hydrogen) atoms. The smallest absolute Gasteiger partial charge is 0.204 e. The summed E-state index contributed by atoms with van der Waals surface area (Å²) < 4.78 is 2.25. The molecule has 0 atom stereocenters. The fourth-order valence-corrected chi connectivity index (χ4v) is 4.92. The molecule has 0 amide bonds. The van der Waals surface area contributed by atoms with Crippen molar-refractivity contribution in [3.05, 3.63) is 9.60 Å². The highest BCUT2D eigenvalue weighted by Gasteiger charge is 2.19. The van der Waals surface area contributed by atoms with Crippen molar-refractivity contribution < 1.29 is 0 Å². The zero-order valence-corrected chi connectivity index (χ0v) is 17.2. The van der Waals surface area contributed by atoms with Crippen LogP contribution in [0.4, 0.5) is 0 Å². The summed E-state index contributed by atoms with van der Waals surface area (Å²) in [5, 5.41) is 1.18. The van der Waals surface area contributed by atoms with Gasteiger partial charge < -0.3 is 9.80 Å². The minimum Gasteiger partial charge on any atom is -0.353 e. The van der Waals surface area contributed by atoms with Crippen molar-refractivity contribution in [2.75, 3.05) is 28.2 Å². The Balaban J connectivity index is 2.53. The number of rotatable bonds is 1. The normalized spacial score (nSPS) is 17.4. The first-order valence-electron chi connectivity index (χ1n) is 7.64. The van der Waals surface area contributed by atoms with E-state index in [-0.39, 0.29) is 0 Å². The summed E-state index contributed by atoms with van der Waals surface area (Å²) in [7, 11) is 10.9. The third-order valence-electron chi connectivity index (χ3n) is 3.69. The van der Waals surface area contributed by atoms with Crippen LogP contribution in [-0.4, -0.2) is 52.8 Å². The molecule has 0 bridgehead atoms. The van der Waals surface area contributed by atoms with Crippen LogP contribution >= 0.6 is 45.1 Å². The van der Waals surface area contributed by atoms with Crippen molar-refractivity contribution in [3.63, 3.8) is 0 Å². The van der Waals surface area contributed by atoms with Gasteiger partial charge in [-0.05, 0) is 58.0 Å². The molecule has 2 rings (SSSR count). The molecule has 1 saturated carbocycles. The Morgan fingerprint density at radius 2 is 1.35 bits per heavy atom. The lowest BCUT2D eigenvalue weighted by atomic mass is 9.95. The summed E-state index contributed by atoms with van der Waals surface area (Å²) in [6, 6.07) is 0.443. The average Bonchev–Trinajstić information content (AvgIpc) is 2.90. The van der Waals surface area contributed by atoms with Crippen molar-refractivity contribution in [1.29, 1.82) is 0 Å². The summed E-state index contributed by atoms with van der Waals surface area (Å²) >= 11 is 10.7. The van der Waals surface area contributed by atoms with E-state index in [4.69, 9.17) is 24.4 Å². The van der Waals surface area contributed by atoms with Crippen LogP contribution in [0, 0.1) is 0 Å². The predicted octanol–water partition coefficient (Wildman–Crippen LogP) is 2.61. The van der Waals surface area contributed by atoms with Crippen molar-refractivity contribution in [2.24, 2.45) is 9.98 Å². The summed E-state index contributed by atoms with van der Waals surface area (Å²) in [4.78, 5) is 14.8. The number of nitrogens with zero attached hydrogens (tertiary/aromatic N) is 5. The fourth-order valence-electron chi connectivity index (χ4n) is 2.40. The van der Waals surface area contributed by atoms with Crippen LogP contribution in [0.5, 0.6) is 0 Å². The Morgan fingerprint density at radius 3 is 1.74 bits per heavy atom. The van der Waals surface area contributed by atoms with Crippen LogP contribution in [0.2, 0.25) is 0 Å². The number of hydrogen-bond acceptors (Lipinski definition) is 4. The Hall–Kier alpha value is -0.640. The van der Waals surface area contributed by atoms with Gasteiger partial charge in [0.25, 0.3) is 0 Å². The fraction of sp³-hybridized carbons (Fsp3) is 0.714. The van der Waals surface area contributed by atoms with Crippen LogP contribution in [-0.2, 0) is 0 Å². The molecule has 1 aliphatic rings. The van der Waals surface area contributed by atoms with E-state index in [1.165, 1.54) is 32.1 Å². The summed E-state index contributed by atoms with van der Waals surface area (Å²) in [6.07, 6.45) is 6.17. The number of hydrogen-bond donors (Lipinski definition) is 0. The Bertz CT molecular complexity index is 639. The molecule has 0 saturated heterocycles. The van der Waals surface area contributed by atoms with E-state index in [0.717, 1.165) is 9.60 Å². The summed E-state index contributed by atoms with van der Waals surface area (Å²) in [5.41, 5.74) is 0. The third-order valence-corrected chi connectivity index (χ3v) is 6.71. The monoisotopic (exact) mass is 389 g/mol. The topological polar surface area (TPSA) is 36.1 Å². The predicted molar refractivity (Wildman–Crippen MR) is 106 cm³/mol. The van der Waals surface area contributed by atoms with Gasteiger partial charge >= 0.3 is 0 Å². The molecule has 1 aliphatic carbocycles. The SMILES string of the molecule is CN(C)C(=S)N=c1ssc(=NC(=S)N(C)C)n1C1CCCCC1. The van der Waals surface area contributed by atoms with Crippen molar-refractivity contribution in [2.45, 2.75) is 38.1 Å². The first-order valence-corrected chi connectivity index (χ1v) is 10.6. The molecule has 1 aromatic heterocycles. The van der Waals surface area contributed by atoms with Gasteiger partial charge in [0.1, 0.15) is 0 Å². The third kappa shape index (κ3) is 4.91. The quantitative estimate of drug-likeness (QED) is 0.546. The highest BCUT2D eigenvalue weighted by molar-refractivity contribution is 7.80. The molecule has 0 unspecified atom stereocenters. The van der Waals surface area contributed by atoms with Gasteiger partial charge in [0.15, 0.2) is 10.2 Å². The van der Waals surface area contributed by atoms with E-state index in [1.807, 2.05) is 38.0 Å². The van der Waals surface area contributed by atoms with Crippen LogP contribution in [0.25, 0.3) is 0 Å². The van der Waals surface area contributed by atoms with Gasteiger partial charge in [-0.25, -0.2) is 0 Å². The standard InChI is InChI=1S/C14H23N5S4/c1-17(2)11(20)15-13-19(10-8-6-5-7-9-10)14(23-22-13)16-12(21)18(3)4/h10H,5-9H2,1-4H3. The Kier molecular flexibility index (Phi) is 6.87. The number of thiocarbonyl (C=S) groups is 2. The molecular formula is C14H23N5S4. The molecule has 1 heterocycles. The van der Waals surface area contributed by atoms with Crippen LogP contribution < -0.4 is 9.60 Å². The van der Waals surface area contributed by atoms with E-state index < -0.39 is 0 Å². The lowest BCUT2D eigenvalue weighted by Gasteiger charge is -2.23. The second kappa shape index (κ2) is 8.46. The van der Waals surface area contributed by atoms with Gasteiger partial charge in [-0.3, -0.25) is 4.57 Å². The Morgan fingerprint density at radius 1 is 0.913 bits per heavy atom. The molecule has 0 spiro atoms. The van der Waals surface area contributed by atoms with E-state index in [2.05, 4.69) is 14.6 Å². The maximum atomic E-state index is 5.35. The molecule has 1 aromatic rings. The highest BCUT2D eigenvalue weighted by atomic mass is 32.9. The molecule has 0 N–H and O–H groups in total. The lowest BCUT2D eigenvalue weighted by molar-refractivity contribution is 0.342. The van der Waals surface area contributed by atoms with Gasteiger partial charge in [0, 0.05) is 34.2 Å². The summed E-state index contributed by atoms with van der Waals surface area (Å²) in [5.74, 6) is 0. The molecule has 0 aliphatic heterocycles. The van der Waals surface area contributed by atoms with Gasteiger partial charge in [-0.15, -0.1) is 0 Å². The molecule has 0 radical (unpaired) electrons. The zero-order chi connectivity index (χ0) is 17.0. The largest absolute Gasteiger partial charge is 0.353 e. The van der Waals surface area contributed by atoms with Crippen LogP contribution in [0.15, 0.2) is 9.98 Å². The van der Waals surface area contributed by atoms with E-state index in [9.17, 15) is 0 Å². The molecular weight excluding hydrogens is 366 g/mol. The van der Waals surface area contributed by atoms with Gasteiger partial charge in [0.2, 0.25) is 9.60 Å². The van der Waals surface area contributed by atoms with Crippen molar-refractivity contribution in [1.82, 2.24) is 14.4 Å². The second-order valence-corrected chi connectivity index (χ2v) is 8.77. The van der Waals surface area contributed by atoms with Crippen LogP contribution in [0.1, 0.15) is 38.1 Å². The zero-order valence-electron chi connectivity index (χ0n) is 14.0. The van der Waals surface area contributed by atoms with Crippen molar-refractivity contribution >= 4 is 55.3 Å². The highest BCUT2D eigenvalue weighted by Crippen LogP contribution is 2.26. The van der Waals surface area contributed by atoms with Crippen molar-refractivity contribution in [3.8, 4) is 0 Å². The number of aromatic nitrogens is 1.